The first-order valence-corrected chi connectivity index (χ1v) is 6.08. The highest BCUT2D eigenvalue weighted by atomic mass is 15.0. The number of hydrogen-bond acceptors (Lipinski definition) is 1. The first-order chi connectivity index (χ1) is 6.34. The lowest BCUT2D eigenvalue weighted by Crippen LogP contribution is -2.48. The fourth-order valence-corrected chi connectivity index (χ4v) is 3.38. The van der Waals surface area contributed by atoms with Gasteiger partial charge in [0, 0.05) is 6.04 Å². The number of hydrogen-bond donors (Lipinski definition) is 1. The van der Waals surface area contributed by atoms with Gasteiger partial charge in [-0.2, -0.15) is 0 Å². The van der Waals surface area contributed by atoms with Crippen molar-refractivity contribution in [1.82, 2.24) is 5.32 Å². The van der Waals surface area contributed by atoms with E-state index in [0.29, 0.717) is 16.9 Å². The lowest BCUT2D eigenvalue weighted by molar-refractivity contribution is 0.0825. The van der Waals surface area contributed by atoms with Crippen LogP contribution in [0.3, 0.4) is 0 Å². The highest BCUT2D eigenvalue weighted by Crippen LogP contribution is 2.47. The smallest absolute Gasteiger partial charge is 0.0175 e. The molecule has 1 aliphatic heterocycles. The van der Waals surface area contributed by atoms with E-state index < -0.39 is 0 Å². The second-order valence-corrected chi connectivity index (χ2v) is 6.24. The predicted octanol–water partition coefficient (Wildman–Crippen LogP) is 3.45. The van der Waals surface area contributed by atoms with Crippen molar-refractivity contribution < 1.29 is 0 Å². The van der Waals surface area contributed by atoms with Gasteiger partial charge in [-0.25, -0.2) is 0 Å². The van der Waals surface area contributed by atoms with Gasteiger partial charge in [-0.15, -0.1) is 0 Å². The molecule has 2 atom stereocenters. The van der Waals surface area contributed by atoms with Gasteiger partial charge in [0.15, 0.2) is 0 Å². The molecule has 1 saturated heterocycles. The van der Waals surface area contributed by atoms with E-state index in [2.05, 4.69) is 46.9 Å². The molecule has 1 aliphatic rings. The van der Waals surface area contributed by atoms with Gasteiger partial charge in [0.25, 0.3) is 0 Å². The molecule has 0 amide bonds. The van der Waals surface area contributed by atoms with Crippen LogP contribution in [0.5, 0.6) is 0 Å². The Morgan fingerprint density at radius 2 is 1.93 bits per heavy atom. The minimum atomic E-state index is 0.386. The molecule has 0 aromatic rings. The van der Waals surface area contributed by atoms with E-state index >= 15 is 0 Å². The summed E-state index contributed by atoms with van der Waals surface area (Å²) in [5.41, 5.74) is 0.912. The summed E-state index contributed by atoms with van der Waals surface area (Å²) in [6.07, 6.45) is 2.66. The van der Waals surface area contributed by atoms with Crippen molar-refractivity contribution in [3.05, 3.63) is 0 Å². The molecular formula is C13H27N. The van der Waals surface area contributed by atoms with E-state index in [4.69, 9.17) is 0 Å². The topological polar surface area (TPSA) is 12.0 Å². The van der Waals surface area contributed by atoms with Crippen molar-refractivity contribution in [2.24, 2.45) is 16.7 Å². The van der Waals surface area contributed by atoms with Gasteiger partial charge in [0.2, 0.25) is 0 Å². The molecule has 0 radical (unpaired) electrons. The average Bonchev–Trinajstić information content (AvgIpc) is 2.47. The third-order valence-electron chi connectivity index (χ3n) is 4.19. The van der Waals surface area contributed by atoms with Gasteiger partial charge < -0.3 is 5.32 Å². The Kier molecular flexibility index (Phi) is 3.30. The number of nitrogens with one attached hydrogen (secondary N) is 1. The van der Waals surface area contributed by atoms with E-state index in [-0.39, 0.29) is 0 Å². The maximum absolute atomic E-state index is 3.72. The second-order valence-electron chi connectivity index (χ2n) is 6.24. The summed E-state index contributed by atoms with van der Waals surface area (Å²) in [6, 6.07) is 0.681. The largest absolute Gasteiger partial charge is 0.313 e. The zero-order chi connectivity index (χ0) is 11.0. The monoisotopic (exact) mass is 197 g/mol. The summed E-state index contributed by atoms with van der Waals surface area (Å²) >= 11 is 0. The van der Waals surface area contributed by atoms with Crippen LogP contribution in [0.25, 0.3) is 0 Å². The Bertz CT molecular complexity index is 190. The van der Waals surface area contributed by atoms with Gasteiger partial charge in [-0.1, -0.05) is 41.5 Å². The zero-order valence-electron chi connectivity index (χ0n) is 10.8. The average molecular weight is 197 g/mol. The molecule has 14 heavy (non-hydrogen) atoms. The molecule has 1 heteroatoms. The van der Waals surface area contributed by atoms with E-state index in [1.54, 1.807) is 0 Å². The summed E-state index contributed by atoms with van der Waals surface area (Å²) < 4.78 is 0. The molecule has 0 aromatic heterocycles. The highest BCUT2D eigenvalue weighted by molar-refractivity contribution is 5.03. The summed E-state index contributed by atoms with van der Waals surface area (Å²) in [5.74, 6) is 0.784. The third kappa shape index (κ3) is 1.84. The van der Waals surface area contributed by atoms with Crippen molar-refractivity contribution in [3.8, 4) is 0 Å². The van der Waals surface area contributed by atoms with Gasteiger partial charge in [0.1, 0.15) is 0 Å². The molecular weight excluding hydrogens is 170 g/mol. The van der Waals surface area contributed by atoms with Crippen LogP contribution >= 0.6 is 0 Å². The Labute approximate surface area is 89.7 Å². The summed E-state index contributed by atoms with van der Waals surface area (Å²) in [6.45, 7) is 15.4. The van der Waals surface area contributed by atoms with Gasteiger partial charge in [0.05, 0.1) is 0 Å². The van der Waals surface area contributed by atoms with Crippen LogP contribution in [0.1, 0.15) is 54.4 Å². The van der Waals surface area contributed by atoms with E-state index in [1.165, 1.54) is 19.4 Å². The Hall–Kier alpha value is -0.0400. The fraction of sp³-hybridized carbons (Fsp3) is 1.00. The standard InChI is InChI=1S/C13H27N/c1-7-13(10(2)3)8-9-14-11(13)12(4,5)6/h10-11,14H,7-9H2,1-6H3. The molecule has 1 rings (SSSR count). The van der Waals surface area contributed by atoms with Crippen LogP contribution in [0, 0.1) is 16.7 Å². The van der Waals surface area contributed by atoms with Crippen LogP contribution in [0.4, 0.5) is 0 Å². The minimum Gasteiger partial charge on any atom is -0.313 e. The fourth-order valence-electron chi connectivity index (χ4n) is 3.38. The highest BCUT2D eigenvalue weighted by Gasteiger charge is 2.48. The molecule has 0 bridgehead atoms. The van der Waals surface area contributed by atoms with Crippen LogP contribution in [-0.2, 0) is 0 Å². The third-order valence-corrected chi connectivity index (χ3v) is 4.19. The molecule has 1 N–H and O–H groups in total. The van der Waals surface area contributed by atoms with Crippen molar-refractivity contribution in [2.75, 3.05) is 6.54 Å². The predicted molar refractivity (Wildman–Crippen MR) is 63.4 cm³/mol. The van der Waals surface area contributed by atoms with Crippen molar-refractivity contribution in [1.29, 1.82) is 0 Å². The minimum absolute atomic E-state index is 0.386. The lowest BCUT2D eigenvalue weighted by Gasteiger charge is -2.44. The van der Waals surface area contributed by atoms with Crippen molar-refractivity contribution >= 4 is 0 Å². The normalized spacial score (nSPS) is 34.1. The second kappa shape index (κ2) is 3.84. The molecule has 2 unspecified atom stereocenters. The molecule has 1 nitrogen and oxygen atoms in total. The summed E-state index contributed by atoms with van der Waals surface area (Å²) in [7, 11) is 0. The molecule has 1 heterocycles. The van der Waals surface area contributed by atoms with E-state index in [0.717, 1.165) is 5.92 Å². The summed E-state index contributed by atoms with van der Waals surface area (Å²) in [5, 5.41) is 3.72. The van der Waals surface area contributed by atoms with E-state index in [9.17, 15) is 0 Å². The first kappa shape index (κ1) is 12.0. The van der Waals surface area contributed by atoms with Gasteiger partial charge >= 0.3 is 0 Å². The molecule has 1 fully saturated rings. The quantitative estimate of drug-likeness (QED) is 0.715. The lowest BCUT2D eigenvalue weighted by atomic mass is 9.62. The number of rotatable bonds is 2. The van der Waals surface area contributed by atoms with Crippen LogP contribution in [-0.4, -0.2) is 12.6 Å². The van der Waals surface area contributed by atoms with E-state index in [1.807, 2.05) is 0 Å². The molecule has 84 valence electrons. The van der Waals surface area contributed by atoms with Gasteiger partial charge in [-0.05, 0) is 36.1 Å². The zero-order valence-corrected chi connectivity index (χ0v) is 10.8. The van der Waals surface area contributed by atoms with Crippen LogP contribution < -0.4 is 5.32 Å². The Morgan fingerprint density at radius 1 is 1.36 bits per heavy atom. The molecule has 0 aromatic carbocycles. The maximum Gasteiger partial charge on any atom is 0.0175 e. The van der Waals surface area contributed by atoms with Crippen molar-refractivity contribution in [2.45, 2.75) is 60.4 Å². The first-order valence-electron chi connectivity index (χ1n) is 6.08. The SMILES string of the molecule is CCC1(C(C)C)CCNC1C(C)(C)C. The Morgan fingerprint density at radius 3 is 2.21 bits per heavy atom. The van der Waals surface area contributed by atoms with Crippen molar-refractivity contribution in [3.63, 3.8) is 0 Å². The molecule has 0 spiro atoms. The summed E-state index contributed by atoms with van der Waals surface area (Å²) in [4.78, 5) is 0. The van der Waals surface area contributed by atoms with Crippen LogP contribution in [0.2, 0.25) is 0 Å². The maximum atomic E-state index is 3.72. The molecule has 0 saturated carbocycles. The molecule has 0 aliphatic carbocycles. The van der Waals surface area contributed by atoms with Crippen LogP contribution in [0.15, 0.2) is 0 Å². The van der Waals surface area contributed by atoms with Gasteiger partial charge in [-0.3, -0.25) is 0 Å². The Balaban J connectivity index is 2.95.